The van der Waals surface area contributed by atoms with Gasteiger partial charge in [-0.3, -0.25) is 0 Å². The molecular weight excluding hydrogens is 88.1 g/mol. The molecule has 0 saturated carbocycles. The summed E-state index contributed by atoms with van der Waals surface area (Å²) in [6.07, 6.45) is 2.09. The first-order valence-corrected chi connectivity index (χ1v) is 2.55. The van der Waals surface area contributed by atoms with Gasteiger partial charge >= 0.3 is 0 Å². The average molecular weight is 100 g/mol. The number of hydrogen-bond donors (Lipinski definition) is 0. The molecule has 0 aliphatic carbocycles. The van der Waals surface area contributed by atoms with Crippen molar-refractivity contribution in [2.75, 3.05) is 0 Å². The quantitative estimate of drug-likeness (QED) is 0.525. The molecule has 0 fully saturated rings. The summed E-state index contributed by atoms with van der Waals surface area (Å²) in [4.78, 5) is 0. The Hall–Kier alpha value is -0.0400. The van der Waals surface area contributed by atoms with E-state index in [-0.39, 0.29) is 6.10 Å². The molecule has 0 spiro atoms. The summed E-state index contributed by atoms with van der Waals surface area (Å²) in [6.45, 7) is 5.72. The van der Waals surface area contributed by atoms with Crippen LogP contribution in [0.4, 0.5) is 0 Å². The van der Waals surface area contributed by atoms with Gasteiger partial charge in [0.05, 0.1) is 13.2 Å². The van der Waals surface area contributed by atoms with Gasteiger partial charge in [0.2, 0.25) is 0 Å². The highest BCUT2D eigenvalue weighted by Crippen LogP contribution is 1.99. The van der Waals surface area contributed by atoms with E-state index in [1.807, 2.05) is 0 Å². The molecule has 0 aliphatic rings. The second kappa shape index (κ2) is 4.13. The van der Waals surface area contributed by atoms with E-state index < -0.39 is 0 Å². The minimum Gasteiger partial charge on any atom is -0.376 e. The zero-order valence-corrected chi connectivity index (χ0v) is 4.81. The molecule has 0 aromatic heterocycles. The van der Waals surface area contributed by atoms with Gasteiger partial charge < -0.3 is 4.74 Å². The summed E-state index contributed by atoms with van der Waals surface area (Å²) < 4.78 is 4.74. The van der Waals surface area contributed by atoms with Gasteiger partial charge in [0.25, 0.3) is 0 Å². The SMILES string of the molecule is [CH2]CC(CC)O[CH2]. The average Bonchev–Trinajstić information content (AvgIpc) is 1.72. The summed E-state index contributed by atoms with van der Waals surface area (Å²) in [5.74, 6) is 0. The largest absolute Gasteiger partial charge is 0.376 e. The molecule has 1 nitrogen and oxygen atoms in total. The van der Waals surface area contributed by atoms with Gasteiger partial charge in [0, 0.05) is 0 Å². The molecule has 0 aromatic carbocycles. The van der Waals surface area contributed by atoms with Crippen LogP contribution in [0.25, 0.3) is 0 Å². The van der Waals surface area contributed by atoms with Crippen LogP contribution in [0.5, 0.6) is 0 Å². The van der Waals surface area contributed by atoms with Gasteiger partial charge in [-0.25, -0.2) is 0 Å². The van der Waals surface area contributed by atoms with E-state index in [1.54, 1.807) is 0 Å². The van der Waals surface area contributed by atoms with Gasteiger partial charge in [-0.2, -0.15) is 0 Å². The maximum atomic E-state index is 4.74. The molecule has 7 heavy (non-hydrogen) atoms. The van der Waals surface area contributed by atoms with Gasteiger partial charge in [-0.1, -0.05) is 13.8 Å². The maximum absolute atomic E-state index is 4.74. The molecular formula is C6H12O. The molecule has 2 radical (unpaired) electrons. The standard InChI is InChI=1S/C6H12O/c1-4-6(5-2)7-3/h6H,1,3-5H2,2H3. The lowest BCUT2D eigenvalue weighted by Crippen LogP contribution is -2.04. The van der Waals surface area contributed by atoms with E-state index in [4.69, 9.17) is 4.74 Å². The highest BCUT2D eigenvalue weighted by atomic mass is 16.5. The van der Waals surface area contributed by atoms with Crippen molar-refractivity contribution >= 4 is 0 Å². The molecule has 0 bridgehead atoms. The van der Waals surface area contributed by atoms with Crippen LogP contribution in [-0.4, -0.2) is 6.10 Å². The van der Waals surface area contributed by atoms with Crippen molar-refractivity contribution in [3.63, 3.8) is 0 Å². The Bertz CT molecular complexity index is 25.7. The molecule has 0 aliphatic heterocycles. The third-order valence-corrected chi connectivity index (χ3v) is 1.01. The monoisotopic (exact) mass is 100 g/mol. The number of ether oxygens (including phenoxy) is 1. The van der Waals surface area contributed by atoms with E-state index in [2.05, 4.69) is 21.0 Å². The minimum atomic E-state index is 0.264. The third kappa shape index (κ3) is 2.63. The fraction of sp³-hybridized carbons (Fsp3) is 0.667. The Morgan fingerprint density at radius 3 is 2.29 bits per heavy atom. The van der Waals surface area contributed by atoms with Crippen molar-refractivity contribution in [2.45, 2.75) is 25.9 Å². The van der Waals surface area contributed by atoms with Crippen LogP contribution >= 0.6 is 0 Å². The molecule has 1 unspecified atom stereocenters. The third-order valence-electron chi connectivity index (χ3n) is 1.01. The van der Waals surface area contributed by atoms with E-state index in [0.717, 1.165) is 12.8 Å². The van der Waals surface area contributed by atoms with Crippen molar-refractivity contribution < 1.29 is 4.74 Å². The zero-order valence-electron chi connectivity index (χ0n) is 4.81. The molecule has 1 atom stereocenters. The fourth-order valence-corrected chi connectivity index (χ4v) is 0.405. The highest BCUT2D eigenvalue weighted by Gasteiger charge is 1.96. The summed E-state index contributed by atoms with van der Waals surface area (Å²) in [7, 11) is 3.29. The molecule has 0 saturated heterocycles. The molecule has 0 aromatic rings. The van der Waals surface area contributed by atoms with E-state index in [0.29, 0.717) is 0 Å². The lowest BCUT2D eigenvalue weighted by atomic mass is 10.2. The second-order valence-electron chi connectivity index (χ2n) is 1.49. The summed E-state index contributed by atoms with van der Waals surface area (Å²) >= 11 is 0. The summed E-state index contributed by atoms with van der Waals surface area (Å²) in [5.41, 5.74) is 0. The van der Waals surface area contributed by atoms with E-state index in [9.17, 15) is 0 Å². The van der Waals surface area contributed by atoms with Crippen molar-refractivity contribution in [1.82, 2.24) is 0 Å². The Morgan fingerprint density at radius 2 is 2.29 bits per heavy atom. The Morgan fingerprint density at radius 1 is 1.71 bits per heavy atom. The maximum Gasteiger partial charge on any atom is 0.0704 e. The zero-order chi connectivity index (χ0) is 5.70. The molecule has 42 valence electrons. The lowest BCUT2D eigenvalue weighted by Gasteiger charge is -2.06. The Labute approximate surface area is 45.7 Å². The van der Waals surface area contributed by atoms with E-state index >= 15 is 0 Å². The minimum absolute atomic E-state index is 0.264. The van der Waals surface area contributed by atoms with Crippen molar-refractivity contribution in [3.8, 4) is 0 Å². The first-order valence-electron chi connectivity index (χ1n) is 2.55. The summed E-state index contributed by atoms with van der Waals surface area (Å²) in [6, 6.07) is 0. The Kier molecular flexibility index (Phi) is 4.10. The topological polar surface area (TPSA) is 9.23 Å². The first-order chi connectivity index (χ1) is 3.35. The lowest BCUT2D eigenvalue weighted by molar-refractivity contribution is 0.136. The van der Waals surface area contributed by atoms with Gasteiger partial charge in [0.1, 0.15) is 0 Å². The van der Waals surface area contributed by atoms with Crippen LogP contribution in [0.15, 0.2) is 0 Å². The number of hydrogen-bond acceptors (Lipinski definition) is 1. The van der Waals surface area contributed by atoms with Crippen LogP contribution in [0.2, 0.25) is 0 Å². The van der Waals surface area contributed by atoms with Crippen molar-refractivity contribution in [1.29, 1.82) is 0 Å². The fourth-order valence-electron chi connectivity index (χ4n) is 0.405. The highest BCUT2D eigenvalue weighted by molar-refractivity contribution is 4.54. The predicted octanol–water partition coefficient (Wildman–Crippen LogP) is 1.80. The molecule has 0 amide bonds. The van der Waals surface area contributed by atoms with Crippen molar-refractivity contribution in [2.24, 2.45) is 0 Å². The van der Waals surface area contributed by atoms with E-state index in [1.165, 1.54) is 0 Å². The Balaban J connectivity index is 2.99. The summed E-state index contributed by atoms with van der Waals surface area (Å²) in [5, 5.41) is 0. The van der Waals surface area contributed by atoms with Crippen LogP contribution in [0.3, 0.4) is 0 Å². The smallest absolute Gasteiger partial charge is 0.0704 e. The van der Waals surface area contributed by atoms with Crippen LogP contribution < -0.4 is 0 Å². The molecule has 0 heterocycles. The molecule has 1 heteroatoms. The van der Waals surface area contributed by atoms with Gasteiger partial charge in [-0.15, -0.1) is 0 Å². The number of rotatable bonds is 3. The van der Waals surface area contributed by atoms with Crippen LogP contribution in [0.1, 0.15) is 19.8 Å². The van der Waals surface area contributed by atoms with Crippen LogP contribution in [-0.2, 0) is 4.74 Å². The molecule has 0 rings (SSSR count). The van der Waals surface area contributed by atoms with Crippen molar-refractivity contribution in [3.05, 3.63) is 14.0 Å². The van der Waals surface area contributed by atoms with Gasteiger partial charge in [0.15, 0.2) is 0 Å². The first kappa shape index (κ1) is 6.96. The second-order valence-corrected chi connectivity index (χ2v) is 1.49. The molecule has 0 N–H and O–H groups in total. The van der Waals surface area contributed by atoms with Gasteiger partial charge in [-0.05, 0) is 12.8 Å². The van der Waals surface area contributed by atoms with Crippen LogP contribution in [0, 0.1) is 14.0 Å². The normalized spacial score (nSPS) is 10.3. The predicted molar refractivity (Wildman–Crippen MR) is 30.5 cm³/mol.